The normalized spacial score (nSPS) is 10.5. The van der Waals surface area contributed by atoms with Crippen molar-refractivity contribution in [1.82, 2.24) is 10.2 Å². The molecule has 0 saturated heterocycles. The predicted molar refractivity (Wildman–Crippen MR) is 81.1 cm³/mol. The SMILES string of the molecule is Cc1cccc(NC(=O)Cc2nnc(-c3ccsc3)o2)c1. The van der Waals surface area contributed by atoms with E-state index >= 15 is 0 Å². The number of nitrogens with zero attached hydrogens (tertiary/aromatic N) is 2. The zero-order valence-corrected chi connectivity index (χ0v) is 12.2. The van der Waals surface area contributed by atoms with Gasteiger partial charge in [-0.05, 0) is 36.1 Å². The van der Waals surface area contributed by atoms with E-state index in [0.29, 0.717) is 11.8 Å². The Morgan fingerprint density at radius 3 is 3.00 bits per heavy atom. The molecular formula is C15H13N3O2S. The molecule has 106 valence electrons. The monoisotopic (exact) mass is 299 g/mol. The van der Waals surface area contributed by atoms with Gasteiger partial charge in [-0.25, -0.2) is 0 Å². The first-order chi connectivity index (χ1) is 10.2. The zero-order valence-electron chi connectivity index (χ0n) is 11.4. The number of amides is 1. The van der Waals surface area contributed by atoms with Crippen LogP contribution in [0, 0.1) is 6.92 Å². The number of aryl methyl sites for hydroxylation is 1. The van der Waals surface area contributed by atoms with Crippen LogP contribution in [0.4, 0.5) is 5.69 Å². The summed E-state index contributed by atoms with van der Waals surface area (Å²) in [7, 11) is 0. The summed E-state index contributed by atoms with van der Waals surface area (Å²) in [5.41, 5.74) is 2.72. The second kappa shape index (κ2) is 5.88. The molecule has 0 radical (unpaired) electrons. The van der Waals surface area contributed by atoms with E-state index in [1.807, 2.05) is 48.0 Å². The highest BCUT2D eigenvalue weighted by Crippen LogP contribution is 2.20. The van der Waals surface area contributed by atoms with Gasteiger partial charge in [-0.1, -0.05) is 12.1 Å². The van der Waals surface area contributed by atoms with Gasteiger partial charge in [0.2, 0.25) is 17.7 Å². The topological polar surface area (TPSA) is 68.0 Å². The number of nitrogens with one attached hydrogen (secondary N) is 1. The first kappa shape index (κ1) is 13.5. The molecule has 1 amide bonds. The lowest BCUT2D eigenvalue weighted by Gasteiger charge is -2.03. The van der Waals surface area contributed by atoms with Gasteiger partial charge < -0.3 is 9.73 Å². The molecule has 5 nitrogen and oxygen atoms in total. The van der Waals surface area contributed by atoms with Crippen LogP contribution in [0.2, 0.25) is 0 Å². The third kappa shape index (κ3) is 3.35. The lowest BCUT2D eigenvalue weighted by atomic mass is 10.2. The van der Waals surface area contributed by atoms with Gasteiger partial charge in [-0.2, -0.15) is 11.3 Å². The quantitative estimate of drug-likeness (QED) is 0.802. The van der Waals surface area contributed by atoms with E-state index in [9.17, 15) is 4.79 Å². The van der Waals surface area contributed by atoms with Crippen LogP contribution in [0.25, 0.3) is 11.5 Å². The van der Waals surface area contributed by atoms with Crippen LogP contribution in [-0.2, 0) is 11.2 Å². The van der Waals surface area contributed by atoms with Crippen LogP contribution in [0.15, 0.2) is 45.5 Å². The van der Waals surface area contributed by atoms with Gasteiger partial charge in [0.15, 0.2) is 0 Å². The van der Waals surface area contributed by atoms with E-state index < -0.39 is 0 Å². The maximum Gasteiger partial charge on any atom is 0.248 e. The predicted octanol–water partition coefficient (Wildman–Crippen LogP) is 3.29. The molecule has 3 aromatic rings. The van der Waals surface area contributed by atoms with Crippen LogP contribution < -0.4 is 5.32 Å². The standard InChI is InChI=1S/C15H13N3O2S/c1-10-3-2-4-12(7-10)16-13(19)8-14-17-18-15(20-14)11-5-6-21-9-11/h2-7,9H,8H2,1H3,(H,16,19). The van der Waals surface area contributed by atoms with Gasteiger partial charge in [0.05, 0.1) is 0 Å². The highest BCUT2D eigenvalue weighted by molar-refractivity contribution is 7.08. The summed E-state index contributed by atoms with van der Waals surface area (Å²) in [6.45, 7) is 1.97. The lowest BCUT2D eigenvalue weighted by molar-refractivity contribution is -0.115. The summed E-state index contributed by atoms with van der Waals surface area (Å²) in [5.74, 6) is 0.567. The second-order valence-corrected chi connectivity index (χ2v) is 5.39. The third-order valence-electron chi connectivity index (χ3n) is 2.85. The van der Waals surface area contributed by atoms with E-state index in [4.69, 9.17) is 4.42 Å². The van der Waals surface area contributed by atoms with Crippen molar-refractivity contribution in [2.75, 3.05) is 5.32 Å². The number of benzene rings is 1. The summed E-state index contributed by atoms with van der Waals surface area (Å²) in [4.78, 5) is 12.0. The van der Waals surface area contributed by atoms with Crippen molar-refractivity contribution in [1.29, 1.82) is 0 Å². The van der Waals surface area contributed by atoms with Crippen molar-refractivity contribution in [2.24, 2.45) is 0 Å². The summed E-state index contributed by atoms with van der Waals surface area (Å²) < 4.78 is 5.48. The third-order valence-corrected chi connectivity index (χ3v) is 3.53. The van der Waals surface area contributed by atoms with Crippen LogP contribution in [0.5, 0.6) is 0 Å². The number of rotatable bonds is 4. The van der Waals surface area contributed by atoms with Crippen molar-refractivity contribution >= 4 is 22.9 Å². The maximum atomic E-state index is 12.0. The number of carbonyl (C=O) groups excluding carboxylic acids is 1. The number of anilines is 1. The molecule has 3 rings (SSSR count). The minimum absolute atomic E-state index is 0.0606. The van der Waals surface area contributed by atoms with E-state index in [1.54, 1.807) is 11.3 Å². The van der Waals surface area contributed by atoms with E-state index in [1.165, 1.54) is 0 Å². The van der Waals surface area contributed by atoms with Crippen LogP contribution in [0.3, 0.4) is 0 Å². The Morgan fingerprint density at radius 1 is 1.33 bits per heavy atom. The number of hydrogen-bond acceptors (Lipinski definition) is 5. The minimum Gasteiger partial charge on any atom is -0.420 e. The van der Waals surface area contributed by atoms with Crippen molar-refractivity contribution in [3.8, 4) is 11.5 Å². The molecule has 0 aliphatic carbocycles. The van der Waals surface area contributed by atoms with Crippen molar-refractivity contribution in [3.05, 3.63) is 52.5 Å². The summed E-state index contributed by atoms with van der Waals surface area (Å²) in [6, 6.07) is 9.51. The van der Waals surface area contributed by atoms with E-state index in [-0.39, 0.29) is 12.3 Å². The molecule has 6 heteroatoms. The average molecular weight is 299 g/mol. The zero-order chi connectivity index (χ0) is 14.7. The van der Waals surface area contributed by atoms with Gasteiger partial charge in [-0.15, -0.1) is 10.2 Å². The number of aromatic nitrogens is 2. The van der Waals surface area contributed by atoms with Crippen molar-refractivity contribution < 1.29 is 9.21 Å². The van der Waals surface area contributed by atoms with Gasteiger partial charge >= 0.3 is 0 Å². The lowest BCUT2D eigenvalue weighted by Crippen LogP contribution is -2.14. The number of hydrogen-bond donors (Lipinski definition) is 1. The second-order valence-electron chi connectivity index (χ2n) is 4.61. The van der Waals surface area contributed by atoms with E-state index in [2.05, 4.69) is 15.5 Å². The van der Waals surface area contributed by atoms with Gasteiger partial charge in [-0.3, -0.25) is 4.79 Å². The fourth-order valence-corrected chi connectivity index (χ4v) is 2.52. The Bertz CT molecular complexity index is 750. The smallest absolute Gasteiger partial charge is 0.248 e. The first-order valence-corrected chi connectivity index (χ1v) is 7.36. The highest BCUT2D eigenvalue weighted by Gasteiger charge is 2.12. The fraction of sp³-hybridized carbons (Fsp3) is 0.133. The summed E-state index contributed by atoms with van der Waals surface area (Å²) >= 11 is 1.55. The highest BCUT2D eigenvalue weighted by atomic mass is 32.1. The Hall–Kier alpha value is -2.47. The van der Waals surface area contributed by atoms with Crippen LogP contribution in [0.1, 0.15) is 11.5 Å². The Balaban J connectivity index is 1.65. The molecule has 1 aromatic carbocycles. The number of thiophene rings is 1. The average Bonchev–Trinajstić information content (AvgIpc) is 3.08. The molecule has 0 saturated carbocycles. The van der Waals surface area contributed by atoms with Crippen LogP contribution >= 0.6 is 11.3 Å². The van der Waals surface area contributed by atoms with Crippen molar-refractivity contribution in [2.45, 2.75) is 13.3 Å². The molecule has 0 spiro atoms. The molecule has 0 unspecified atom stereocenters. The largest absolute Gasteiger partial charge is 0.420 e. The molecule has 1 N–H and O–H groups in total. The van der Waals surface area contributed by atoms with Gasteiger partial charge in [0, 0.05) is 16.6 Å². The van der Waals surface area contributed by atoms with Crippen molar-refractivity contribution in [3.63, 3.8) is 0 Å². The molecule has 2 heterocycles. The number of carbonyl (C=O) groups is 1. The first-order valence-electron chi connectivity index (χ1n) is 6.42. The fourth-order valence-electron chi connectivity index (χ4n) is 1.89. The maximum absolute atomic E-state index is 12.0. The Kier molecular flexibility index (Phi) is 3.79. The Morgan fingerprint density at radius 2 is 2.24 bits per heavy atom. The molecular weight excluding hydrogens is 286 g/mol. The molecule has 2 aromatic heterocycles. The minimum atomic E-state index is -0.180. The van der Waals surface area contributed by atoms with Crippen LogP contribution in [-0.4, -0.2) is 16.1 Å². The molecule has 0 atom stereocenters. The van der Waals surface area contributed by atoms with Gasteiger partial charge in [0.25, 0.3) is 0 Å². The molecule has 0 aliphatic heterocycles. The summed E-state index contributed by atoms with van der Waals surface area (Å²) in [6.07, 6.45) is 0.0606. The molecule has 0 fully saturated rings. The van der Waals surface area contributed by atoms with Gasteiger partial charge in [0.1, 0.15) is 6.42 Å². The van der Waals surface area contributed by atoms with E-state index in [0.717, 1.165) is 16.8 Å². The Labute approximate surface area is 125 Å². The molecule has 21 heavy (non-hydrogen) atoms. The summed E-state index contributed by atoms with van der Waals surface area (Å²) in [5, 5.41) is 14.5. The molecule has 0 aliphatic rings. The molecule has 0 bridgehead atoms.